The number of aromatic nitrogens is 1. The zero-order valence-corrected chi connectivity index (χ0v) is 56.4. The van der Waals surface area contributed by atoms with Gasteiger partial charge in [0.15, 0.2) is 11.5 Å². The van der Waals surface area contributed by atoms with E-state index in [-0.39, 0.29) is 42.2 Å². The maximum atomic E-state index is 13.8. The highest BCUT2D eigenvalue weighted by molar-refractivity contribution is 7.22. The van der Waals surface area contributed by atoms with Gasteiger partial charge in [0, 0.05) is 24.3 Å². The lowest BCUT2D eigenvalue weighted by molar-refractivity contribution is -0.296. The Morgan fingerprint density at radius 1 is 0.561 bits per heavy atom. The quantitative estimate of drug-likeness (QED) is 0.00552. The molecular weight excluding hydrogens is 1270 g/mol. The molecule has 98 heavy (non-hydrogen) atoms. The van der Waals surface area contributed by atoms with E-state index in [4.69, 9.17) is 62.9 Å². The molecule has 6 aromatic carbocycles. The molecule has 10 rings (SSSR count). The van der Waals surface area contributed by atoms with Crippen LogP contribution in [0.15, 0.2) is 170 Å². The molecule has 0 aliphatic heterocycles. The molecule has 2 fully saturated rings. The molecule has 1 unspecified atom stereocenters. The molecule has 0 bridgehead atoms. The lowest BCUT2D eigenvalue weighted by Gasteiger charge is -2.32. The Morgan fingerprint density at radius 2 is 1.09 bits per heavy atom. The van der Waals surface area contributed by atoms with Crippen molar-refractivity contribution in [2.24, 2.45) is 28.8 Å². The number of unbranched alkanes of at least 4 members (excludes halogenated alkanes) is 7. The number of esters is 4. The van der Waals surface area contributed by atoms with E-state index in [1.807, 2.05) is 108 Å². The van der Waals surface area contributed by atoms with Crippen molar-refractivity contribution in [1.82, 2.24) is 4.98 Å². The van der Waals surface area contributed by atoms with Gasteiger partial charge in [0.25, 0.3) is 0 Å². The number of ether oxygens (including phenoxy) is 6. The minimum atomic E-state index is -0.657. The smallest absolute Gasteiger partial charge is 0.330 e. The average molecular weight is 1360 g/mol. The molecule has 7 aromatic rings. The van der Waals surface area contributed by atoms with Crippen molar-refractivity contribution in [3.63, 3.8) is 0 Å². The monoisotopic (exact) mass is 1360 g/mol. The fraction of sp³-hybridized carbons (Fsp3) is 0.410. The third kappa shape index (κ3) is 21.3. The third-order valence-electron chi connectivity index (χ3n) is 18.1. The Bertz CT molecular complexity index is 3630. The number of hydrogen-bond acceptors (Lipinski definition) is 20. The molecule has 1 aromatic heterocycles. The average Bonchev–Trinajstić information content (AvgIpc) is 1.61. The second kappa shape index (κ2) is 38.3. The Balaban J connectivity index is 0.735. The van der Waals surface area contributed by atoms with E-state index >= 15 is 0 Å². The summed E-state index contributed by atoms with van der Waals surface area (Å²) in [6.07, 6.45) is 17.7. The van der Waals surface area contributed by atoms with Crippen LogP contribution in [-0.4, -0.2) is 93.1 Å². The number of anilines is 1. The van der Waals surface area contributed by atoms with Crippen molar-refractivity contribution in [2.75, 3.05) is 57.8 Å². The second-order valence-electron chi connectivity index (χ2n) is 25.0. The molecule has 20 heteroatoms. The number of thiazole rings is 1. The van der Waals surface area contributed by atoms with Crippen LogP contribution in [0.2, 0.25) is 0 Å². The Kier molecular flexibility index (Phi) is 28.1. The van der Waals surface area contributed by atoms with Gasteiger partial charge in [-0.15, -0.1) is 0 Å². The summed E-state index contributed by atoms with van der Waals surface area (Å²) < 4.78 is 34.7. The first-order valence-corrected chi connectivity index (χ1v) is 35.3. The minimum absolute atomic E-state index is 0.0134. The van der Waals surface area contributed by atoms with Crippen LogP contribution in [-0.2, 0) is 48.1 Å². The highest BCUT2D eigenvalue weighted by Crippen LogP contribution is 2.46. The van der Waals surface area contributed by atoms with Gasteiger partial charge < -0.3 is 38.2 Å². The molecule has 3 aliphatic rings. The number of benzene rings is 6. The van der Waals surface area contributed by atoms with Crippen LogP contribution in [0.3, 0.4) is 0 Å². The zero-order valence-electron chi connectivity index (χ0n) is 55.6. The molecule has 3 aliphatic carbocycles. The van der Waals surface area contributed by atoms with Crippen LogP contribution in [0.5, 0.6) is 28.7 Å². The van der Waals surface area contributed by atoms with E-state index in [0.29, 0.717) is 106 Å². The molecule has 0 saturated heterocycles. The number of carbonyl (C=O) groups is 4. The van der Waals surface area contributed by atoms with Crippen LogP contribution in [0, 0.1) is 23.7 Å². The summed E-state index contributed by atoms with van der Waals surface area (Å²) in [4.78, 5) is 83.6. The van der Waals surface area contributed by atoms with E-state index < -0.39 is 24.0 Å². The van der Waals surface area contributed by atoms with Gasteiger partial charge in [-0.25, -0.2) is 24.5 Å². The van der Waals surface area contributed by atoms with Gasteiger partial charge >= 0.3 is 23.9 Å². The van der Waals surface area contributed by atoms with Crippen LogP contribution < -0.4 is 29.0 Å². The minimum Gasteiger partial charge on any atom is -0.494 e. The molecule has 2 saturated carbocycles. The number of hydrogen-bond donors (Lipinski definition) is 1. The number of hydrazone groups is 1. The first-order chi connectivity index (χ1) is 48.1. The Labute approximate surface area is 577 Å². The molecule has 19 nitrogen and oxygen atoms in total. The van der Waals surface area contributed by atoms with Gasteiger partial charge in [0.1, 0.15) is 29.3 Å². The van der Waals surface area contributed by atoms with Crippen molar-refractivity contribution in [3.8, 4) is 39.9 Å². The van der Waals surface area contributed by atoms with Crippen LogP contribution in [0.25, 0.3) is 21.3 Å². The zero-order chi connectivity index (χ0) is 68.1. The second-order valence-corrected chi connectivity index (χ2v) is 26.0. The molecule has 0 radical (unpaired) electrons. The van der Waals surface area contributed by atoms with Gasteiger partial charge in [-0.3, -0.25) is 14.8 Å². The van der Waals surface area contributed by atoms with Crippen molar-refractivity contribution >= 4 is 56.8 Å². The normalized spacial score (nSPS) is 16.9. The maximum Gasteiger partial charge on any atom is 0.330 e. The number of carbonyl (C=O) groups excluding carboxylic acids is 4. The van der Waals surface area contributed by atoms with Gasteiger partial charge in [0.05, 0.1) is 68.6 Å². The van der Waals surface area contributed by atoms with Gasteiger partial charge in [-0.05, 0) is 234 Å². The molecule has 0 amide bonds. The topological polar surface area (TPSA) is 219 Å². The van der Waals surface area contributed by atoms with Gasteiger partial charge in [-0.1, -0.05) is 91.2 Å². The van der Waals surface area contributed by atoms with Crippen molar-refractivity contribution in [1.29, 1.82) is 0 Å². The highest BCUT2D eigenvalue weighted by atomic mass is 32.1. The molecular formula is C78H89N3O16S. The largest absolute Gasteiger partial charge is 0.494 e. The number of fused-ring (bicyclic) bond motifs is 4. The van der Waals surface area contributed by atoms with Crippen molar-refractivity contribution < 1.29 is 77.3 Å². The summed E-state index contributed by atoms with van der Waals surface area (Å²) in [5.41, 5.74) is 6.19. The number of para-hydroxylation sites is 1. The summed E-state index contributed by atoms with van der Waals surface area (Å²) in [5, 5.41) is 18.3. The Morgan fingerprint density at radius 3 is 1.69 bits per heavy atom. The SMILES string of the molecule is C=CC(=O)OCCCCCCOc1ccc(OOCC2CCC(C(OO)c3ccc(OOCC4CCC(C(=O)Oc5ccc(OCCCCCCOC(=O)C=C)cc5)CC4)c(/C=N/N(CCCCOC(=O)C4c5ccccc5-c5ccccc54)c4nc5ccccc5s4)c3)CC2)cc1. The van der Waals surface area contributed by atoms with E-state index in [9.17, 15) is 24.4 Å². The summed E-state index contributed by atoms with van der Waals surface area (Å²) in [6.45, 7) is 10.1. The summed E-state index contributed by atoms with van der Waals surface area (Å²) in [7, 11) is 0. The summed E-state index contributed by atoms with van der Waals surface area (Å²) >= 11 is 1.53. The first kappa shape index (κ1) is 71.8. The summed E-state index contributed by atoms with van der Waals surface area (Å²) in [6, 6.07) is 44.0. The predicted octanol–water partition coefficient (Wildman–Crippen LogP) is 16.7. The molecule has 518 valence electrons. The van der Waals surface area contributed by atoms with Crippen molar-refractivity contribution in [3.05, 3.63) is 187 Å². The molecule has 0 spiro atoms. The molecule has 1 N–H and O–H groups in total. The van der Waals surface area contributed by atoms with Crippen LogP contribution in [0.4, 0.5) is 5.13 Å². The first-order valence-electron chi connectivity index (χ1n) is 34.4. The number of rotatable bonds is 40. The fourth-order valence-corrected chi connectivity index (χ4v) is 13.6. The van der Waals surface area contributed by atoms with E-state index in [0.717, 1.165) is 134 Å². The van der Waals surface area contributed by atoms with E-state index in [2.05, 4.69) is 25.3 Å². The van der Waals surface area contributed by atoms with Gasteiger partial charge in [0.2, 0.25) is 5.13 Å². The molecule has 1 atom stereocenters. The van der Waals surface area contributed by atoms with Gasteiger partial charge in [-0.2, -0.15) is 14.9 Å². The maximum absolute atomic E-state index is 13.8. The lowest BCUT2D eigenvalue weighted by atomic mass is 9.78. The fourth-order valence-electron chi connectivity index (χ4n) is 12.6. The Hall–Kier alpha value is -8.92. The summed E-state index contributed by atoms with van der Waals surface area (Å²) in [5.74, 6) is 1.16. The lowest BCUT2D eigenvalue weighted by Crippen LogP contribution is -2.27. The molecule has 1 heterocycles. The van der Waals surface area contributed by atoms with E-state index in [1.54, 1.807) is 30.5 Å². The van der Waals surface area contributed by atoms with E-state index in [1.165, 1.54) is 23.5 Å². The standard InChI is InChI=1S/C78H89N3O16S/c1-3-72(82)89-48-18-7-5-16-46-87-61-36-40-63(41-37-61)94-76(84)58-33-29-56(30-34-58)54-93-97-70-44-35-59(75(95-86)57-31-27-55(28-32-57)53-92-96-64-42-38-62(39-43-64)88-47-17-6-8-19-49-90-73(83)4-2)51-60(70)52-79-81(78-80-69-25-13-14-26-71(69)98-78)45-15-20-50-91-77(85)74-67-23-11-9-21-65(67)66-22-10-12-24-68(66)74/h3-4,9-14,21-26,35-44,51-52,55-58,74-75,86H,1-2,5-8,15-20,27-34,45-50,53-54H2/b79-52+. The van der Waals surface area contributed by atoms with Crippen LogP contribution in [0.1, 0.15) is 150 Å². The predicted molar refractivity (Wildman–Crippen MR) is 374 cm³/mol. The number of nitrogens with zero attached hydrogens (tertiary/aromatic N) is 3. The van der Waals surface area contributed by atoms with Crippen molar-refractivity contribution in [2.45, 2.75) is 128 Å². The third-order valence-corrected chi connectivity index (χ3v) is 19.2. The highest BCUT2D eigenvalue weighted by Gasteiger charge is 2.35. The van der Waals surface area contributed by atoms with Crippen LogP contribution >= 0.6 is 11.3 Å².